The molecule has 0 spiro atoms. The highest BCUT2D eigenvalue weighted by Crippen LogP contribution is 2.37. The average molecular weight is 253 g/mol. The summed E-state index contributed by atoms with van der Waals surface area (Å²) in [7, 11) is 0. The second-order valence-corrected chi connectivity index (χ2v) is 5.50. The molecule has 1 N–H and O–H groups in total. The molecule has 98 valence electrons. The minimum atomic E-state index is 0.229. The summed E-state index contributed by atoms with van der Waals surface area (Å²) < 4.78 is 0. The van der Waals surface area contributed by atoms with E-state index in [1.165, 1.54) is 16.3 Å². The van der Waals surface area contributed by atoms with Crippen molar-refractivity contribution in [1.82, 2.24) is 5.32 Å². The molecule has 0 heterocycles. The maximum Gasteiger partial charge on any atom is 0.223 e. The van der Waals surface area contributed by atoms with Crippen molar-refractivity contribution < 1.29 is 4.79 Å². The van der Waals surface area contributed by atoms with Crippen LogP contribution < -0.4 is 5.32 Å². The summed E-state index contributed by atoms with van der Waals surface area (Å²) in [5.74, 6) is 1.08. The summed E-state index contributed by atoms with van der Waals surface area (Å²) in [5.41, 5.74) is 1.31. The molecular formula is C17H19NO. The minimum Gasteiger partial charge on any atom is -0.356 e. The molecule has 2 aromatic carbocycles. The molecule has 0 radical (unpaired) electrons. The summed E-state index contributed by atoms with van der Waals surface area (Å²) in [6.07, 6.45) is 1.95. The Balaban J connectivity index is 1.64. The van der Waals surface area contributed by atoms with Gasteiger partial charge in [-0.05, 0) is 35.1 Å². The lowest BCUT2D eigenvalue weighted by molar-refractivity contribution is -0.122. The average Bonchev–Trinajstić information content (AvgIpc) is 3.16. The lowest BCUT2D eigenvalue weighted by Crippen LogP contribution is -2.27. The van der Waals surface area contributed by atoms with E-state index in [-0.39, 0.29) is 11.8 Å². The van der Waals surface area contributed by atoms with Crippen molar-refractivity contribution in [3.63, 3.8) is 0 Å². The normalized spacial score (nSPS) is 21.3. The Morgan fingerprint density at radius 2 is 1.95 bits per heavy atom. The monoisotopic (exact) mass is 253 g/mol. The van der Waals surface area contributed by atoms with Crippen molar-refractivity contribution in [2.45, 2.75) is 19.8 Å². The Labute approximate surface area is 113 Å². The van der Waals surface area contributed by atoms with Gasteiger partial charge in [0.25, 0.3) is 0 Å². The van der Waals surface area contributed by atoms with Gasteiger partial charge < -0.3 is 5.32 Å². The van der Waals surface area contributed by atoms with Crippen LogP contribution in [-0.2, 0) is 11.2 Å². The number of fused-ring (bicyclic) bond motifs is 1. The van der Waals surface area contributed by atoms with E-state index in [0.717, 1.165) is 19.4 Å². The Bertz CT molecular complexity index is 600. The Morgan fingerprint density at radius 3 is 2.74 bits per heavy atom. The SMILES string of the molecule is CC1CC1C(=O)NCCc1cccc2ccccc12. The predicted octanol–water partition coefficient (Wildman–Crippen LogP) is 3.15. The molecule has 0 aromatic heterocycles. The molecule has 0 bridgehead atoms. The summed E-state index contributed by atoms with van der Waals surface area (Å²) >= 11 is 0. The molecule has 2 nitrogen and oxygen atoms in total. The van der Waals surface area contributed by atoms with Crippen molar-refractivity contribution in [3.8, 4) is 0 Å². The molecule has 19 heavy (non-hydrogen) atoms. The first-order chi connectivity index (χ1) is 9.25. The van der Waals surface area contributed by atoms with Crippen LogP contribution in [0.2, 0.25) is 0 Å². The third kappa shape index (κ3) is 2.62. The quantitative estimate of drug-likeness (QED) is 0.891. The lowest BCUT2D eigenvalue weighted by Gasteiger charge is -2.08. The molecule has 2 atom stereocenters. The Kier molecular flexibility index (Phi) is 3.24. The van der Waals surface area contributed by atoms with Gasteiger partial charge in [-0.1, -0.05) is 49.4 Å². The molecule has 2 aromatic rings. The second-order valence-electron chi connectivity index (χ2n) is 5.50. The van der Waals surface area contributed by atoms with E-state index >= 15 is 0 Å². The van der Waals surface area contributed by atoms with Crippen LogP contribution >= 0.6 is 0 Å². The summed E-state index contributed by atoms with van der Waals surface area (Å²) in [5, 5.41) is 5.61. The summed E-state index contributed by atoms with van der Waals surface area (Å²) in [6, 6.07) is 14.8. The lowest BCUT2D eigenvalue weighted by atomic mass is 10.0. The van der Waals surface area contributed by atoms with E-state index in [1.54, 1.807) is 0 Å². The van der Waals surface area contributed by atoms with Gasteiger partial charge in [-0.3, -0.25) is 4.79 Å². The number of amides is 1. The van der Waals surface area contributed by atoms with Crippen LogP contribution in [0, 0.1) is 11.8 Å². The fourth-order valence-electron chi connectivity index (χ4n) is 2.65. The number of rotatable bonds is 4. The first kappa shape index (κ1) is 12.2. The molecular weight excluding hydrogens is 234 g/mol. The molecule has 1 amide bonds. The number of benzene rings is 2. The number of hydrogen-bond acceptors (Lipinski definition) is 1. The smallest absolute Gasteiger partial charge is 0.223 e. The molecule has 1 aliphatic rings. The van der Waals surface area contributed by atoms with Crippen LogP contribution in [0.1, 0.15) is 18.9 Å². The molecule has 1 fully saturated rings. The Morgan fingerprint density at radius 1 is 1.21 bits per heavy atom. The van der Waals surface area contributed by atoms with E-state index in [4.69, 9.17) is 0 Å². The van der Waals surface area contributed by atoms with E-state index in [9.17, 15) is 4.79 Å². The standard InChI is InChI=1S/C17H19NO/c1-12-11-16(12)17(19)18-10-9-14-7-4-6-13-5-2-3-8-15(13)14/h2-8,12,16H,9-11H2,1H3,(H,18,19). The van der Waals surface area contributed by atoms with Crippen molar-refractivity contribution in [1.29, 1.82) is 0 Å². The van der Waals surface area contributed by atoms with Gasteiger partial charge in [-0.25, -0.2) is 0 Å². The van der Waals surface area contributed by atoms with E-state index in [1.807, 2.05) is 0 Å². The molecule has 1 aliphatic carbocycles. The van der Waals surface area contributed by atoms with Gasteiger partial charge in [0.05, 0.1) is 0 Å². The van der Waals surface area contributed by atoms with Crippen LogP contribution in [0.5, 0.6) is 0 Å². The topological polar surface area (TPSA) is 29.1 Å². The van der Waals surface area contributed by atoms with Crippen molar-refractivity contribution in [2.75, 3.05) is 6.54 Å². The summed E-state index contributed by atoms with van der Waals surface area (Å²) in [6.45, 7) is 2.87. The van der Waals surface area contributed by atoms with Gasteiger partial charge in [-0.2, -0.15) is 0 Å². The van der Waals surface area contributed by atoms with Crippen LogP contribution in [0.15, 0.2) is 42.5 Å². The zero-order valence-corrected chi connectivity index (χ0v) is 11.2. The highest BCUT2D eigenvalue weighted by atomic mass is 16.2. The highest BCUT2D eigenvalue weighted by Gasteiger charge is 2.38. The minimum absolute atomic E-state index is 0.229. The maximum absolute atomic E-state index is 11.8. The van der Waals surface area contributed by atoms with Gasteiger partial charge in [0.15, 0.2) is 0 Å². The first-order valence-corrected chi connectivity index (χ1v) is 7.00. The zero-order chi connectivity index (χ0) is 13.2. The Hall–Kier alpha value is -1.83. The fraction of sp³-hybridized carbons (Fsp3) is 0.353. The highest BCUT2D eigenvalue weighted by molar-refractivity contribution is 5.86. The van der Waals surface area contributed by atoms with Crippen molar-refractivity contribution >= 4 is 16.7 Å². The number of carbonyl (C=O) groups excluding carboxylic acids is 1. The van der Waals surface area contributed by atoms with E-state index < -0.39 is 0 Å². The zero-order valence-electron chi connectivity index (χ0n) is 11.2. The second kappa shape index (κ2) is 5.04. The largest absolute Gasteiger partial charge is 0.356 e. The molecule has 2 unspecified atom stereocenters. The van der Waals surface area contributed by atoms with Crippen molar-refractivity contribution in [2.24, 2.45) is 11.8 Å². The molecule has 2 heteroatoms. The molecule has 0 aliphatic heterocycles. The maximum atomic E-state index is 11.8. The van der Waals surface area contributed by atoms with Gasteiger partial charge in [-0.15, -0.1) is 0 Å². The number of nitrogens with one attached hydrogen (secondary N) is 1. The fourth-order valence-corrected chi connectivity index (χ4v) is 2.65. The van der Waals surface area contributed by atoms with E-state index in [2.05, 4.69) is 54.7 Å². The molecule has 1 saturated carbocycles. The number of carbonyl (C=O) groups is 1. The van der Waals surface area contributed by atoms with Crippen LogP contribution in [0.3, 0.4) is 0 Å². The van der Waals surface area contributed by atoms with Gasteiger partial charge in [0.1, 0.15) is 0 Å². The van der Waals surface area contributed by atoms with Crippen LogP contribution in [-0.4, -0.2) is 12.5 Å². The van der Waals surface area contributed by atoms with Gasteiger partial charge in [0.2, 0.25) is 5.91 Å². The summed E-state index contributed by atoms with van der Waals surface area (Å²) in [4.78, 5) is 11.8. The first-order valence-electron chi connectivity index (χ1n) is 7.00. The third-order valence-electron chi connectivity index (χ3n) is 4.02. The number of hydrogen-bond donors (Lipinski definition) is 1. The van der Waals surface area contributed by atoms with Crippen molar-refractivity contribution in [3.05, 3.63) is 48.0 Å². The predicted molar refractivity (Wildman–Crippen MR) is 77.9 cm³/mol. The van der Waals surface area contributed by atoms with Crippen LogP contribution in [0.4, 0.5) is 0 Å². The van der Waals surface area contributed by atoms with E-state index in [0.29, 0.717) is 5.92 Å². The molecule has 0 saturated heterocycles. The molecule has 3 rings (SSSR count). The van der Waals surface area contributed by atoms with Crippen LogP contribution in [0.25, 0.3) is 10.8 Å². The van der Waals surface area contributed by atoms with Gasteiger partial charge >= 0.3 is 0 Å². The van der Waals surface area contributed by atoms with Gasteiger partial charge in [0, 0.05) is 12.5 Å². The third-order valence-corrected chi connectivity index (χ3v) is 4.02.